The van der Waals surface area contributed by atoms with Crippen molar-refractivity contribution in [1.82, 2.24) is 16.0 Å². The number of carbonyl (C=O) groups is 5. The molecule has 5 N–H and O–H groups in total. The zero-order valence-corrected chi connectivity index (χ0v) is 15.9. The minimum atomic E-state index is -1.37. The molecule has 0 fully saturated rings. The molecule has 0 radical (unpaired) electrons. The van der Waals surface area contributed by atoms with Crippen LogP contribution in [0.15, 0.2) is 30.3 Å². The third kappa shape index (κ3) is 9.27. The third-order valence-electron chi connectivity index (χ3n) is 3.86. The molecule has 1 rings (SSSR count). The molecule has 1 aromatic rings. The van der Waals surface area contributed by atoms with Gasteiger partial charge in [-0.25, -0.2) is 0 Å². The van der Waals surface area contributed by atoms with E-state index in [1.54, 1.807) is 24.3 Å². The Morgan fingerprint density at radius 1 is 1.03 bits per heavy atom. The summed E-state index contributed by atoms with van der Waals surface area (Å²) in [7, 11) is 0. The molecule has 0 heterocycles. The Morgan fingerprint density at radius 2 is 1.69 bits per heavy atom. The molecule has 10 nitrogen and oxygen atoms in total. The van der Waals surface area contributed by atoms with Crippen LogP contribution in [0.3, 0.4) is 0 Å². The van der Waals surface area contributed by atoms with Crippen molar-refractivity contribution < 1.29 is 29.1 Å². The van der Waals surface area contributed by atoms with Crippen molar-refractivity contribution in [3.8, 4) is 0 Å². The molecule has 0 bridgehead atoms. The Morgan fingerprint density at radius 3 is 2.24 bits per heavy atom. The second-order valence-corrected chi connectivity index (χ2v) is 6.26. The summed E-state index contributed by atoms with van der Waals surface area (Å²) in [5.41, 5.74) is 0.823. The third-order valence-corrected chi connectivity index (χ3v) is 3.86. The lowest BCUT2D eigenvalue weighted by Crippen LogP contribution is -2.54. The highest BCUT2D eigenvalue weighted by Crippen LogP contribution is 2.03. The van der Waals surface area contributed by atoms with E-state index in [0.717, 1.165) is 12.5 Å². The second-order valence-electron chi connectivity index (χ2n) is 6.26. The number of amides is 3. The second kappa shape index (κ2) is 12.0. The molecule has 156 valence electrons. The van der Waals surface area contributed by atoms with E-state index in [0.29, 0.717) is 6.21 Å². The largest absolute Gasteiger partial charge is 0.481 e. The van der Waals surface area contributed by atoms with Crippen LogP contribution in [0.1, 0.15) is 31.7 Å². The van der Waals surface area contributed by atoms with Gasteiger partial charge >= 0.3 is 5.97 Å². The van der Waals surface area contributed by atoms with E-state index in [1.165, 1.54) is 0 Å². The molecule has 0 aliphatic carbocycles. The molecule has 1 aromatic carbocycles. The lowest BCUT2D eigenvalue weighted by molar-refractivity contribution is -0.140. The first kappa shape index (κ1) is 23.5. The number of aliphatic carboxylic acids is 1. The molecule has 3 amide bonds. The van der Waals surface area contributed by atoms with Crippen molar-refractivity contribution >= 4 is 35.7 Å². The lowest BCUT2D eigenvalue weighted by Gasteiger charge is -2.22. The molecule has 2 atom stereocenters. The summed E-state index contributed by atoms with van der Waals surface area (Å²) in [5, 5.41) is 23.1. The summed E-state index contributed by atoms with van der Waals surface area (Å²) in [5.74, 6) is -3.86. The number of ketones is 1. The van der Waals surface area contributed by atoms with Crippen LogP contribution in [0, 0.1) is 5.41 Å². The van der Waals surface area contributed by atoms with Gasteiger partial charge in [-0.2, -0.15) is 0 Å². The van der Waals surface area contributed by atoms with Gasteiger partial charge in [0.05, 0.1) is 12.6 Å². The number of rotatable bonds is 12. The lowest BCUT2D eigenvalue weighted by atomic mass is 10.1. The summed E-state index contributed by atoms with van der Waals surface area (Å²) in [6.07, 6.45) is -0.286. The molecular weight excluding hydrogens is 380 g/mol. The zero-order valence-electron chi connectivity index (χ0n) is 15.9. The van der Waals surface area contributed by atoms with E-state index in [9.17, 15) is 24.0 Å². The number of carboxylic acids is 1. The van der Waals surface area contributed by atoms with E-state index < -0.39 is 48.0 Å². The predicted molar refractivity (Wildman–Crippen MR) is 103 cm³/mol. The average molecular weight is 404 g/mol. The molecular formula is C19H24N4O6. The average Bonchev–Trinajstić information content (AvgIpc) is 2.68. The van der Waals surface area contributed by atoms with Gasteiger partial charge < -0.3 is 26.5 Å². The fraction of sp³-hybridized carbons (Fsp3) is 0.368. The van der Waals surface area contributed by atoms with E-state index >= 15 is 0 Å². The minimum absolute atomic E-state index is 0.0829. The topological polar surface area (TPSA) is 166 Å². The molecule has 0 spiro atoms. The Bertz CT molecular complexity index is 749. The molecule has 10 heteroatoms. The maximum Gasteiger partial charge on any atom is 0.305 e. The number of hydrogen-bond acceptors (Lipinski definition) is 6. The molecule has 29 heavy (non-hydrogen) atoms. The van der Waals surface area contributed by atoms with E-state index in [2.05, 4.69) is 16.0 Å². The van der Waals surface area contributed by atoms with Gasteiger partial charge in [0.15, 0.2) is 5.78 Å². The first-order chi connectivity index (χ1) is 13.7. The minimum Gasteiger partial charge on any atom is -0.481 e. The Labute approximate surface area is 167 Å². The smallest absolute Gasteiger partial charge is 0.305 e. The van der Waals surface area contributed by atoms with E-state index in [-0.39, 0.29) is 19.4 Å². The van der Waals surface area contributed by atoms with Crippen LogP contribution in [0.4, 0.5) is 0 Å². The number of nitrogens with one attached hydrogen (secondary N) is 4. The monoisotopic (exact) mass is 404 g/mol. The van der Waals surface area contributed by atoms with E-state index in [1.807, 2.05) is 6.07 Å². The maximum atomic E-state index is 12.5. The number of benzene rings is 1. The van der Waals surface area contributed by atoms with Crippen LogP contribution in [0.25, 0.3) is 0 Å². The molecule has 0 unspecified atom stereocenters. The highest BCUT2D eigenvalue weighted by atomic mass is 16.4. The highest BCUT2D eigenvalue weighted by Gasteiger charge is 2.28. The predicted octanol–water partition coefficient (Wildman–Crippen LogP) is -0.234. The fourth-order valence-electron chi connectivity index (χ4n) is 2.44. The number of carboxylic acid groups (broad SMARTS) is 1. The van der Waals surface area contributed by atoms with Gasteiger partial charge in [0, 0.05) is 19.9 Å². The van der Waals surface area contributed by atoms with Gasteiger partial charge in [-0.05, 0) is 12.0 Å². The normalized spacial score (nSPS) is 12.2. The molecule has 0 aromatic heterocycles. The van der Waals surface area contributed by atoms with Crippen molar-refractivity contribution in [2.75, 3.05) is 0 Å². The quantitative estimate of drug-likeness (QED) is 0.302. The van der Waals surface area contributed by atoms with Crippen LogP contribution in [0.5, 0.6) is 0 Å². The maximum absolute atomic E-state index is 12.5. The molecule has 0 aliphatic rings. The van der Waals surface area contributed by atoms with Gasteiger partial charge in [0.1, 0.15) is 12.1 Å². The molecule has 0 aliphatic heterocycles. The van der Waals surface area contributed by atoms with Gasteiger partial charge in [-0.3, -0.25) is 24.0 Å². The standard InChI is InChI=1S/C19H24N4O6/c1-12(24)22-16(9-17(26)27)19(29)23-15(8-7-14(25)10-20)18(28)21-11-13-5-3-2-4-6-13/h2-6,10,15-16,20H,7-9,11H2,1H3,(H,21,28)(H,22,24)(H,23,29)(H,26,27)/t15-,16-/m0/s1. The summed E-state index contributed by atoms with van der Waals surface area (Å²) < 4.78 is 0. The number of carbonyl (C=O) groups excluding carboxylic acids is 4. The first-order valence-corrected chi connectivity index (χ1v) is 8.87. The summed E-state index contributed by atoms with van der Waals surface area (Å²) >= 11 is 0. The van der Waals surface area contributed by atoms with Crippen LogP contribution in [-0.4, -0.2) is 52.9 Å². The first-order valence-electron chi connectivity index (χ1n) is 8.87. The zero-order chi connectivity index (χ0) is 21.8. The Hall–Kier alpha value is -3.56. The Balaban J connectivity index is 2.85. The highest BCUT2D eigenvalue weighted by molar-refractivity contribution is 6.26. The van der Waals surface area contributed by atoms with Crippen molar-refractivity contribution in [3.63, 3.8) is 0 Å². The number of Topliss-reactive ketones (excluding diaryl/α,β-unsaturated/α-hetero) is 1. The van der Waals surface area contributed by atoms with E-state index in [4.69, 9.17) is 10.5 Å². The number of hydrogen-bond donors (Lipinski definition) is 5. The van der Waals surface area contributed by atoms with Gasteiger partial charge in [-0.1, -0.05) is 30.3 Å². The SMILES string of the molecule is CC(=O)N[C@@H](CC(=O)O)C(=O)N[C@@H](CCC(=O)C=N)C(=O)NCc1ccccc1. The van der Waals surface area contributed by atoms with Crippen LogP contribution in [0.2, 0.25) is 0 Å². The summed E-state index contributed by atoms with van der Waals surface area (Å²) in [6.45, 7) is 1.32. The van der Waals surface area contributed by atoms with Crippen molar-refractivity contribution in [3.05, 3.63) is 35.9 Å². The molecule has 0 saturated carbocycles. The van der Waals surface area contributed by atoms with Gasteiger partial charge in [0.2, 0.25) is 17.7 Å². The Kier molecular flexibility index (Phi) is 9.72. The van der Waals surface area contributed by atoms with Crippen LogP contribution < -0.4 is 16.0 Å². The van der Waals surface area contributed by atoms with Crippen molar-refractivity contribution in [1.29, 1.82) is 5.41 Å². The van der Waals surface area contributed by atoms with Crippen molar-refractivity contribution in [2.45, 2.75) is 44.8 Å². The van der Waals surface area contributed by atoms with Crippen LogP contribution >= 0.6 is 0 Å². The van der Waals surface area contributed by atoms with Crippen LogP contribution in [-0.2, 0) is 30.5 Å². The van der Waals surface area contributed by atoms with Gasteiger partial charge in [0.25, 0.3) is 0 Å². The molecule has 0 saturated heterocycles. The van der Waals surface area contributed by atoms with Crippen molar-refractivity contribution in [2.24, 2.45) is 0 Å². The summed E-state index contributed by atoms with van der Waals surface area (Å²) in [4.78, 5) is 58.5. The summed E-state index contributed by atoms with van der Waals surface area (Å²) in [6, 6.07) is 6.51. The van der Waals surface area contributed by atoms with Gasteiger partial charge in [-0.15, -0.1) is 0 Å². The fourth-order valence-corrected chi connectivity index (χ4v) is 2.44.